The van der Waals surface area contributed by atoms with Crippen molar-refractivity contribution >= 4 is 11.8 Å². The van der Waals surface area contributed by atoms with Crippen LogP contribution in [0.25, 0.3) is 0 Å². The summed E-state index contributed by atoms with van der Waals surface area (Å²) in [5.41, 5.74) is 3.49. The molecule has 0 aromatic heterocycles. The molecule has 0 aliphatic heterocycles. The van der Waals surface area contributed by atoms with Crippen LogP contribution in [0.5, 0.6) is 0 Å². The quantitative estimate of drug-likeness (QED) is 0.842. The van der Waals surface area contributed by atoms with Gasteiger partial charge in [0.1, 0.15) is 0 Å². The van der Waals surface area contributed by atoms with E-state index < -0.39 is 17.4 Å². The van der Waals surface area contributed by atoms with Crippen LogP contribution >= 0.6 is 0 Å². The van der Waals surface area contributed by atoms with Gasteiger partial charge < -0.3 is 10.6 Å². The van der Waals surface area contributed by atoms with Crippen LogP contribution in [0.4, 0.5) is 0 Å². The topological polar surface area (TPSA) is 58.2 Å². The molecule has 0 bridgehead atoms. The van der Waals surface area contributed by atoms with E-state index in [0.717, 1.165) is 24.8 Å². The molecule has 1 aromatic rings. The maximum Gasteiger partial charge on any atom is 0.309 e. The summed E-state index contributed by atoms with van der Waals surface area (Å²) in [6.45, 7) is 7.60. The second-order valence-corrected chi connectivity index (χ2v) is 7.37. The first kappa shape index (κ1) is 17.5. The lowest BCUT2D eigenvalue weighted by Gasteiger charge is -2.23. The maximum atomic E-state index is 12.1. The first-order chi connectivity index (χ1) is 10.8. The zero-order chi connectivity index (χ0) is 17.0. The normalized spacial score (nSPS) is 15.5. The molecule has 1 aliphatic rings. The number of benzene rings is 1. The van der Waals surface area contributed by atoms with Crippen LogP contribution in [-0.2, 0) is 22.4 Å². The third kappa shape index (κ3) is 4.81. The Kier molecular flexibility index (Phi) is 5.45. The molecule has 0 saturated carbocycles. The highest BCUT2D eigenvalue weighted by Crippen LogP contribution is 2.26. The van der Waals surface area contributed by atoms with Crippen molar-refractivity contribution in [2.45, 2.75) is 71.4 Å². The number of hydrogen-bond donors (Lipinski definition) is 2. The molecule has 23 heavy (non-hydrogen) atoms. The molecule has 1 aromatic carbocycles. The third-order valence-corrected chi connectivity index (χ3v) is 4.18. The average molecular weight is 316 g/mol. The second-order valence-electron chi connectivity index (χ2n) is 7.37. The summed E-state index contributed by atoms with van der Waals surface area (Å²) in [7, 11) is 0. The Morgan fingerprint density at radius 3 is 2.35 bits per heavy atom. The lowest BCUT2D eigenvalue weighted by Crippen LogP contribution is -2.48. The summed E-state index contributed by atoms with van der Waals surface area (Å²) < 4.78 is 0. The molecule has 126 valence electrons. The number of aryl methyl sites for hydroxylation is 2. The number of rotatable bonds is 3. The van der Waals surface area contributed by atoms with Gasteiger partial charge in [0.15, 0.2) is 0 Å². The Morgan fingerprint density at radius 2 is 1.74 bits per heavy atom. The zero-order valence-electron chi connectivity index (χ0n) is 14.7. The second kappa shape index (κ2) is 7.16. The van der Waals surface area contributed by atoms with Gasteiger partial charge in [0, 0.05) is 5.54 Å². The van der Waals surface area contributed by atoms with Crippen molar-refractivity contribution in [2.75, 3.05) is 0 Å². The molecule has 0 spiro atoms. The molecule has 1 aliphatic carbocycles. The fourth-order valence-corrected chi connectivity index (χ4v) is 3.01. The smallest absolute Gasteiger partial charge is 0.309 e. The summed E-state index contributed by atoms with van der Waals surface area (Å²) in [5.74, 6) is -1.14. The Balaban J connectivity index is 2.08. The van der Waals surface area contributed by atoms with Gasteiger partial charge in [-0.05, 0) is 69.6 Å². The van der Waals surface area contributed by atoms with Gasteiger partial charge in [0.25, 0.3) is 0 Å². The number of hydrogen-bond acceptors (Lipinski definition) is 2. The first-order valence-electron chi connectivity index (χ1n) is 8.55. The van der Waals surface area contributed by atoms with Gasteiger partial charge in [-0.3, -0.25) is 9.59 Å². The Morgan fingerprint density at radius 1 is 1.09 bits per heavy atom. The van der Waals surface area contributed by atoms with Gasteiger partial charge >= 0.3 is 11.8 Å². The predicted molar refractivity (Wildman–Crippen MR) is 92.2 cm³/mol. The van der Waals surface area contributed by atoms with Crippen molar-refractivity contribution in [3.8, 4) is 0 Å². The van der Waals surface area contributed by atoms with Crippen molar-refractivity contribution in [3.05, 3.63) is 34.9 Å². The monoisotopic (exact) mass is 316 g/mol. The third-order valence-electron chi connectivity index (χ3n) is 4.18. The van der Waals surface area contributed by atoms with E-state index in [1.165, 1.54) is 24.0 Å². The van der Waals surface area contributed by atoms with Crippen LogP contribution in [0.15, 0.2) is 18.2 Å². The van der Waals surface area contributed by atoms with Gasteiger partial charge in [-0.15, -0.1) is 0 Å². The number of amides is 2. The molecule has 2 N–H and O–H groups in total. The minimum Gasteiger partial charge on any atom is -0.343 e. The molecule has 1 atom stereocenters. The van der Waals surface area contributed by atoms with Crippen LogP contribution in [0.1, 0.15) is 69.7 Å². The Labute approximate surface area is 139 Å². The van der Waals surface area contributed by atoms with Crippen LogP contribution in [0.2, 0.25) is 0 Å². The lowest BCUT2D eigenvalue weighted by atomic mass is 9.89. The Hall–Kier alpha value is -1.84. The van der Waals surface area contributed by atoms with Crippen LogP contribution in [0, 0.1) is 0 Å². The van der Waals surface area contributed by atoms with E-state index in [1.54, 1.807) is 0 Å². The van der Waals surface area contributed by atoms with Gasteiger partial charge in [-0.2, -0.15) is 0 Å². The predicted octanol–water partition coefficient (Wildman–Crippen LogP) is 3.05. The van der Waals surface area contributed by atoms with E-state index in [0.29, 0.717) is 0 Å². The average Bonchev–Trinajstić information content (AvgIpc) is 2.50. The van der Waals surface area contributed by atoms with E-state index in [1.807, 2.05) is 27.7 Å². The molecule has 0 heterocycles. The van der Waals surface area contributed by atoms with Crippen molar-refractivity contribution < 1.29 is 9.59 Å². The van der Waals surface area contributed by atoms with Gasteiger partial charge in [-0.1, -0.05) is 25.1 Å². The standard InChI is InChI=1S/C19H28N2O2/c1-5-16(20-17(22)18(23)21-19(2,3)4)15-11-10-13-8-6-7-9-14(13)12-15/h10-12,16H,5-9H2,1-4H3,(H,20,22)(H,21,23). The summed E-state index contributed by atoms with van der Waals surface area (Å²) in [6.07, 6.45) is 5.50. The number of fused-ring (bicyclic) bond motifs is 1. The highest BCUT2D eigenvalue weighted by atomic mass is 16.2. The summed E-state index contributed by atoms with van der Waals surface area (Å²) in [6, 6.07) is 6.33. The van der Waals surface area contributed by atoms with Gasteiger partial charge in [-0.25, -0.2) is 0 Å². The summed E-state index contributed by atoms with van der Waals surface area (Å²) in [4.78, 5) is 24.1. The van der Waals surface area contributed by atoms with E-state index in [2.05, 4.69) is 28.8 Å². The molecule has 2 amide bonds. The van der Waals surface area contributed by atoms with Gasteiger partial charge in [0.05, 0.1) is 6.04 Å². The van der Waals surface area contributed by atoms with E-state index >= 15 is 0 Å². The van der Waals surface area contributed by atoms with E-state index in [9.17, 15) is 9.59 Å². The largest absolute Gasteiger partial charge is 0.343 e. The number of carbonyl (C=O) groups excluding carboxylic acids is 2. The van der Waals surface area contributed by atoms with Crippen LogP contribution in [-0.4, -0.2) is 17.4 Å². The number of nitrogens with one attached hydrogen (secondary N) is 2. The minimum atomic E-state index is -0.575. The van der Waals surface area contributed by atoms with Crippen molar-refractivity contribution in [3.63, 3.8) is 0 Å². The molecular formula is C19H28N2O2. The fourth-order valence-electron chi connectivity index (χ4n) is 3.01. The molecule has 2 rings (SSSR count). The minimum absolute atomic E-state index is 0.125. The van der Waals surface area contributed by atoms with Gasteiger partial charge in [0.2, 0.25) is 0 Å². The molecule has 0 radical (unpaired) electrons. The van der Waals surface area contributed by atoms with E-state index in [-0.39, 0.29) is 6.04 Å². The Bertz CT molecular complexity index is 588. The summed E-state index contributed by atoms with van der Waals surface area (Å²) in [5, 5.41) is 5.56. The molecule has 1 unspecified atom stereocenters. The van der Waals surface area contributed by atoms with Crippen LogP contribution in [0.3, 0.4) is 0 Å². The highest BCUT2D eigenvalue weighted by molar-refractivity contribution is 6.35. The van der Waals surface area contributed by atoms with E-state index in [4.69, 9.17) is 0 Å². The molecule has 4 nitrogen and oxygen atoms in total. The SMILES string of the molecule is CCC(NC(=O)C(=O)NC(C)(C)C)c1ccc2c(c1)CCCC2. The zero-order valence-corrected chi connectivity index (χ0v) is 14.7. The summed E-state index contributed by atoms with van der Waals surface area (Å²) >= 11 is 0. The van der Waals surface area contributed by atoms with Crippen LogP contribution < -0.4 is 10.6 Å². The highest BCUT2D eigenvalue weighted by Gasteiger charge is 2.23. The number of carbonyl (C=O) groups is 2. The van der Waals surface area contributed by atoms with Crippen molar-refractivity contribution in [1.29, 1.82) is 0 Å². The van der Waals surface area contributed by atoms with Crippen molar-refractivity contribution in [2.24, 2.45) is 0 Å². The molecule has 0 fully saturated rings. The fraction of sp³-hybridized carbons (Fsp3) is 0.579. The molecule has 4 heteroatoms. The lowest BCUT2D eigenvalue weighted by molar-refractivity contribution is -0.140. The molecule has 0 saturated heterocycles. The first-order valence-corrected chi connectivity index (χ1v) is 8.55. The maximum absolute atomic E-state index is 12.1. The van der Waals surface area contributed by atoms with Crippen molar-refractivity contribution in [1.82, 2.24) is 10.6 Å². The molecular weight excluding hydrogens is 288 g/mol.